The number of nitrogens with one attached hydrogen (secondary N) is 2. The standard InChI is InChI=1S/C18H24N4O3/c1-13(2)20-16(23)9-11-19-18(24)14(3)25-17-10-12-22(21-17)15-7-5-4-6-8-15/h4-8,10,12-14H,9,11H2,1-3H3,(H,19,24)(H,20,23)/t14-/m0/s1. The molecule has 2 N–H and O–H groups in total. The van der Waals surface area contributed by atoms with Gasteiger partial charge in [0.1, 0.15) is 0 Å². The van der Waals surface area contributed by atoms with Crippen LogP contribution in [0.1, 0.15) is 27.2 Å². The lowest BCUT2D eigenvalue weighted by Crippen LogP contribution is -2.39. The molecule has 2 amide bonds. The van der Waals surface area contributed by atoms with Crippen molar-refractivity contribution in [2.75, 3.05) is 6.54 Å². The number of amides is 2. The number of aromatic nitrogens is 2. The summed E-state index contributed by atoms with van der Waals surface area (Å²) in [6.45, 7) is 5.69. The van der Waals surface area contributed by atoms with Gasteiger partial charge in [0.25, 0.3) is 5.91 Å². The molecule has 0 aliphatic rings. The number of nitrogens with zero attached hydrogens (tertiary/aromatic N) is 2. The first kappa shape index (κ1) is 18.5. The maximum Gasteiger partial charge on any atom is 0.260 e. The molecule has 1 heterocycles. The first-order valence-electron chi connectivity index (χ1n) is 8.30. The molecule has 134 valence electrons. The molecule has 0 unspecified atom stereocenters. The van der Waals surface area contributed by atoms with E-state index in [4.69, 9.17) is 4.74 Å². The second kappa shape index (κ2) is 8.86. The molecule has 0 bridgehead atoms. The molecule has 1 atom stereocenters. The van der Waals surface area contributed by atoms with Crippen LogP contribution in [-0.4, -0.2) is 40.3 Å². The number of ether oxygens (including phenoxy) is 1. The monoisotopic (exact) mass is 344 g/mol. The molecule has 0 radical (unpaired) electrons. The second-order valence-electron chi connectivity index (χ2n) is 5.96. The molecule has 0 aliphatic carbocycles. The summed E-state index contributed by atoms with van der Waals surface area (Å²) in [4.78, 5) is 23.6. The van der Waals surface area contributed by atoms with E-state index < -0.39 is 6.10 Å². The van der Waals surface area contributed by atoms with Crippen LogP contribution >= 0.6 is 0 Å². The van der Waals surface area contributed by atoms with E-state index in [1.54, 1.807) is 23.9 Å². The summed E-state index contributed by atoms with van der Waals surface area (Å²) in [5, 5.41) is 9.75. The molecule has 1 aromatic carbocycles. The van der Waals surface area contributed by atoms with Crippen molar-refractivity contribution in [3.8, 4) is 11.6 Å². The summed E-state index contributed by atoms with van der Waals surface area (Å²) in [5.41, 5.74) is 0.908. The number of hydrogen-bond acceptors (Lipinski definition) is 4. The number of rotatable bonds is 8. The smallest absolute Gasteiger partial charge is 0.260 e. The first-order valence-corrected chi connectivity index (χ1v) is 8.30. The van der Waals surface area contributed by atoms with Crippen LogP contribution in [0.4, 0.5) is 0 Å². The molecule has 0 spiro atoms. The third-order valence-electron chi connectivity index (χ3n) is 3.35. The fourth-order valence-electron chi connectivity index (χ4n) is 2.17. The minimum Gasteiger partial charge on any atom is -0.463 e. The lowest BCUT2D eigenvalue weighted by atomic mass is 10.3. The van der Waals surface area contributed by atoms with E-state index >= 15 is 0 Å². The van der Waals surface area contributed by atoms with Crippen LogP contribution in [0.25, 0.3) is 5.69 Å². The van der Waals surface area contributed by atoms with Gasteiger partial charge in [0.2, 0.25) is 11.8 Å². The van der Waals surface area contributed by atoms with E-state index in [0.29, 0.717) is 5.88 Å². The van der Waals surface area contributed by atoms with Gasteiger partial charge in [0, 0.05) is 31.3 Å². The summed E-state index contributed by atoms with van der Waals surface area (Å²) in [5.74, 6) is -0.0128. The van der Waals surface area contributed by atoms with Gasteiger partial charge in [-0.3, -0.25) is 9.59 Å². The Morgan fingerprint density at radius 2 is 1.88 bits per heavy atom. The Bertz CT molecular complexity index is 697. The Labute approximate surface area is 147 Å². The maximum absolute atomic E-state index is 12.0. The van der Waals surface area contributed by atoms with E-state index in [2.05, 4.69) is 15.7 Å². The normalized spacial score (nSPS) is 11.8. The van der Waals surface area contributed by atoms with Gasteiger partial charge in [-0.1, -0.05) is 18.2 Å². The molecular formula is C18H24N4O3. The molecule has 25 heavy (non-hydrogen) atoms. The highest BCUT2D eigenvalue weighted by atomic mass is 16.5. The van der Waals surface area contributed by atoms with Crippen LogP contribution in [0.15, 0.2) is 42.6 Å². The van der Waals surface area contributed by atoms with E-state index in [9.17, 15) is 9.59 Å². The molecule has 0 aliphatic heterocycles. The summed E-state index contributed by atoms with van der Waals surface area (Å²) in [6.07, 6.45) is 1.30. The second-order valence-corrected chi connectivity index (χ2v) is 5.96. The van der Waals surface area contributed by atoms with Crippen LogP contribution in [0.5, 0.6) is 5.88 Å². The highest BCUT2D eigenvalue weighted by molar-refractivity contribution is 5.82. The predicted octanol–water partition coefficient (Wildman–Crippen LogP) is 1.67. The number of carbonyl (C=O) groups is 2. The SMILES string of the molecule is CC(C)NC(=O)CCNC(=O)[C@H](C)Oc1ccn(-c2ccccc2)n1. The Morgan fingerprint density at radius 1 is 1.16 bits per heavy atom. The Kier molecular flexibility index (Phi) is 6.56. The average Bonchev–Trinajstić information content (AvgIpc) is 3.03. The highest BCUT2D eigenvalue weighted by Gasteiger charge is 2.16. The van der Waals surface area contributed by atoms with Crippen molar-refractivity contribution in [3.05, 3.63) is 42.6 Å². The quantitative estimate of drug-likeness (QED) is 0.763. The topological polar surface area (TPSA) is 85.3 Å². The zero-order valence-corrected chi connectivity index (χ0v) is 14.7. The van der Waals surface area contributed by atoms with Crippen molar-refractivity contribution >= 4 is 11.8 Å². The van der Waals surface area contributed by atoms with Gasteiger partial charge < -0.3 is 15.4 Å². The van der Waals surface area contributed by atoms with E-state index in [0.717, 1.165) is 5.69 Å². The fraction of sp³-hybridized carbons (Fsp3) is 0.389. The Hall–Kier alpha value is -2.83. The van der Waals surface area contributed by atoms with Crippen LogP contribution in [0.2, 0.25) is 0 Å². The average molecular weight is 344 g/mol. The Balaban J connectivity index is 1.79. The van der Waals surface area contributed by atoms with Gasteiger partial charge in [0.15, 0.2) is 6.10 Å². The van der Waals surface area contributed by atoms with Crippen LogP contribution < -0.4 is 15.4 Å². The van der Waals surface area contributed by atoms with Crippen molar-refractivity contribution in [2.45, 2.75) is 39.3 Å². The van der Waals surface area contributed by atoms with Gasteiger partial charge >= 0.3 is 0 Å². The zero-order valence-electron chi connectivity index (χ0n) is 14.7. The predicted molar refractivity (Wildman–Crippen MR) is 94.6 cm³/mol. The van der Waals surface area contributed by atoms with Gasteiger partial charge in [-0.15, -0.1) is 5.10 Å². The molecule has 0 saturated carbocycles. The zero-order chi connectivity index (χ0) is 18.2. The third-order valence-corrected chi connectivity index (χ3v) is 3.35. The summed E-state index contributed by atoms with van der Waals surface area (Å²) in [6, 6.07) is 11.4. The molecule has 0 saturated heterocycles. The van der Waals surface area contributed by atoms with Crippen molar-refractivity contribution in [3.63, 3.8) is 0 Å². The summed E-state index contributed by atoms with van der Waals surface area (Å²) in [7, 11) is 0. The van der Waals surface area contributed by atoms with E-state index in [1.807, 2.05) is 44.2 Å². The lowest BCUT2D eigenvalue weighted by molar-refractivity contribution is -0.127. The highest BCUT2D eigenvalue weighted by Crippen LogP contribution is 2.13. The van der Waals surface area contributed by atoms with Crippen molar-refractivity contribution in [2.24, 2.45) is 0 Å². The van der Waals surface area contributed by atoms with E-state index in [-0.39, 0.29) is 30.8 Å². The molecule has 2 aromatic rings. The fourth-order valence-corrected chi connectivity index (χ4v) is 2.17. The first-order chi connectivity index (χ1) is 12.0. The number of benzene rings is 1. The number of para-hydroxylation sites is 1. The van der Waals surface area contributed by atoms with Crippen molar-refractivity contribution < 1.29 is 14.3 Å². The molecule has 7 nitrogen and oxygen atoms in total. The molecular weight excluding hydrogens is 320 g/mol. The van der Waals surface area contributed by atoms with Crippen molar-refractivity contribution in [1.82, 2.24) is 20.4 Å². The summed E-state index contributed by atoms with van der Waals surface area (Å²) < 4.78 is 7.23. The minimum atomic E-state index is -0.702. The molecule has 7 heteroatoms. The summed E-state index contributed by atoms with van der Waals surface area (Å²) >= 11 is 0. The van der Waals surface area contributed by atoms with Crippen molar-refractivity contribution in [1.29, 1.82) is 0 Å². The number of hydrogen-bond donors (Lipinski definition) is 2. The molecule has 2 rings (SSSR count). The maximum atomic E-state index is 12.0. The van der Waals surface area contributed by atoms with Crippen LogP contribution in [0, 0.1) is 0 Å². The number of carbonyl (C=O) groups excluding carboxylic acids is 2. The molecule has 1 aromatic heterocycles. The van der Waals surface area contributed by atoms with Crippen LogP contribution in [0.3, 0.4) is 0 Å². The van der Waals surface area contributed by atoms with Gasteiger partial charge in [-0.05, 0) is 32.9 Å². The lowest BCUT2D eigenvalue weighted by Gasteiger charge is -2.13. The van der Waals surface area contributed by atoms with Gasteiger partial charge in [0.05, 0.1) is 5.69 Å². The Morgan fingerprint density at radius 3 is 2.56 bits per heavy atom. The van der Waals surface area contributed by atoms with Gasteiger partial charge in [-0.2, -0.15) is 0 Å². The van der Waals surface area contributed by atoms with E-state index in [1.165, 1.54) is 0 Å². The minimum absolute atomic E-state index is 0.0881. The van der Waals surface area contributed by atoms with Crippen LogP contribution in [-0.2, 0) is 9.59 Å². The van der Waals surface area contributed by atoms with Gasteiger partial charge in [-0.25, -0.2) is 4.68 Å². The molecule has 0 fully saturated rings. The third kappa shape index (κ3) is 5.95. The largest absolute Gasteiger partial charge is 0.463 e.